The fourth-order valence-corrected chi connectivity index (χ4v) is 5.33. The Kier molecular flexibility index (Phi) is 6.00. The number of nitrogens with one attached hydrogen (secondary N) is 2. The smallest absolute Gasteiger partial charge is 0.244 e. The molecule has 0 aliphatic carbocycles. The number of benzene rings is 1. The highest BCUT2D eigenvalue weighted by Gasteiger charge is 2.39. The molecule has 2 aliphatic rings. The van der Waals surface area contributed by atoms with Crippen LogP contribution in [-0.4, -0.2) is 76.0 Å². The summed E-state index contributed by atoms with van der Waals surface area (Å²) in [5.74, 6) is -0.154. The summed E-state index contributed by atoms with van der Waals surface area (Å²) >= 11 is 6.44. The van der Waals surface area contributed by atoms with E-state index in [9.17, 15) is 9.59 Å². The van der Waals surface area contributed by atoms with Crippen molar-refractivity contribution in [1.82, 2.24) is 19.8 Å². The zero-order chi connectivity index (χ0) is 24.0. The molecule has 9 heteroatoms. The number of aryl methyl sites for hydroxylation is 1. The molecule has 2 amide bonds. The third-order valence-corrected chi connectivity index (χ3v) is 7.00. The molecule has 0 spiro atoms. The minimum absolute atomic E-state index is 0.0664. The lowest BCUT2D eigenvalue weighted by molar-refractivity contribution is -0.149. The molecule has 1 atom stereocenters. The second-order valence-corrected chi connectivity index (χ2v) is 10.4. The maximum absolute atomic E-state index is 13.5. The highest BCUT2D eigenvalue weighted by atomic mass is 35.5. The van der Waals surface area contributed by atoms with Gasteiger partial charge >= 0.3 is 0 Å². The molecule has 1 aromatic carbocycles. The summed E-state index contributed by atoms with van der Waals surface area (Å²) in [5.41, 5.74) is 2.86. The Balaban J connectivity index is 1.43. The van der Waals surface area contributed by atoms with Gasteiger partial charge in [-0.3, -0.25) is 19.5 Å². The molecule has 0 saturated carbocycles. The first-order valence-electron chi connectivity index (χ1n) is 11.7. The first-order valence-corrected chi connectivity index (χ1v) is 12.1. The van der Waals surface area contributed by atoms with Crippen LogP contribution in [0.4, 0.5) is 5.69 Å². The highest BCUT2D eigenvalue weighted by molar-refractivity contribution is 6.33. The van der Waals surface area contributed by atoms with Crippen molar-refractivity contribution in [2.45, 2.75) is 45.3 Å². The van der Waals surface area contributed by atoms with Crippen LogP contribution >= 0.6 is 11.6 Å². The number of H-pyrrole nitrogens is 1. The van der Waals surface area contributed by atoms with Crippen LogP contribution in [-0.2, 0) is 14.3 Å². The minimum Gasteiger partial charge on any atom is -0.372 e. The molecule has 8 nitrogen and oxygen atoms in total. The van der Waals surface area contributed by atoms with E-state index in [0.717, 1.165) is 53.3 Å². The van der Waals surface area contributed by atoms with Gasteiger partial charge in [0.2, 0.25) is 11.8 Å². The lowest BCUT2D eigenvalue weighted by Crippen LogP contribution is -2.60. The van der Waals surface area contributed by atoms with E-state index in [2.05, 4.69) is 15.3 Å². The average molecular weight is 484 g/mol. The zero-order valence-electron chi connectivity index (χ0n) is 19.8. The summed E-state index contributed by atoms with van der Waals surface area (Å²) < 4.78 is 5.98. The summed E-state index contributed by atoms with van der Waals surface area (Å²) in [6, 6.07) is 3.06. The van der Waals surface area contributed by atoms with Gasteiger partial charge in [-0.25, -0.2) is 0 Å². The number of aromatic nitrogens is 2. The Labute approximate surface area is 203 Å². The van der Waals surface area contributed by atoms with Crippen molar-refractivity contribution in [2.75, 3.05) is 38.1 Å². The van der Waals surface area contributed by atoms with Crippen LogP contribution in [0.15, 0.2) is 24.5 Å². The van der Waals surface area contributed by atoms with E-state index in [0.29, 0.717) is 17.3 Å². The van der Waals surface area contributed by atoms with Gasteiger partial charge in [0.1, 0.15) is 6.04 Å². The molecule has 34 heavy (non-hydrogen) atoms. The topological polar surface area (TPSA) is 90.6 Å². The van der Waals surface area contributed by atoms with Crippen molar-refractivity contribution in [3.05, 3.63) is 35.1 Å². The Morgan fingerprint density at radius 2 is 2.03 bits per heavy atom. The first-order chi connectivity index (χ1) is 16.2. The zero-order valence-corrected chi connectivity index (χ0v) is 20.5. The number of fused-ring (bicyclic) bond motifs is 3. The van der Waals surface area contributed by atoms with Gasteiger partial charge in [-0.1, -0.05) is 11.6 Å². The summed E-state index contributed by atoms with van der Waals surface area (Å²) in [6.45, 7) is 8.45. The number of morpholine rings is 1. The molecule has 3 aromatic rings. The van der Waals surface area contributed by atoms with Crippen LogP contribution in [0.2, 0.25) is 5.02 Å². The molecule has 2 N–H and O–H groups in total. The maximum atomic E-state index is 13.5. The summed E-state index contributed by atoms with van der Waals surface area (Å²) in [6.07, 6.45) is 5.65. The van der Waals surface area contributed by atoms with Crippen LogP contribution < -0.4 is 5.32 Å². The van der Waals surface area contributed by atoms with E-state index in [-0.39, 0.29) is 25.0 Å². The van der Waals surface area contributed by atoms with Crippen molar-refractivity contribution in [2.24, 2.45) is 0 Å². The van der Waals surface area contributed by atoms with Crippen LogP contribution in [0.25, 0.3) is 21.8 Å². The number of carbonyl (C=O) groups is 2. The third-order valence-electron chi connectivity index (χ3n) is 6.78. The predicted molar refractivity (Wildman–Crippen MR) is 133 cm³/mol. The van der Waals surface area contributed by atoms with E-state index in [1.807, 2.05) is 42.8 Å². The largest absolute Gasteiger partial charge is 0.372 e. The van der Waals surface area contributed by atoms with Crippen LogP contribution in [0.3, 0.4) is 0 Å². The normalized spacial score (nSPS) is 20.8. The van der Waals surface area contributed by atoms with E-state index in [1.54, 1.807) is 12.3 Å². The minimum atomic E-state index is -0.582. The second-order valence-electron chi connectivity index (χ2n) is 9.95. The van der Waals surface area contributed by atoms with Crippen molar-refractivity contribution in [3.8, 4) is 0 Å². The molecule has 0 bridgehead atoms. The van der Waals surface area contributed by atoms with Gasteiger partial charge in [0.25, 0.3) is 0 Å². The number of anilines is 1. The molecule has 5 rings (SSSR count). The Morgan fingerprint density at radius 1 is 1.26 bits per heavy atom. The fourth-order valence-electron chi connectivity index (χ4n) is 5.11. The van der Waals surface area contributed by atoms with Crippen LogP contribution in [0, 0.1) is 6.92 Å². The number of ether oxygens (including phenoxy) is 1. The first kappa shape index (κ1) is 23.1. The number of rotatable bonds is 4. The third kappa shape index (κ3) is 4.37. The van der Waals surface area contributed by atoms with Gasteiger partial charge in [-0.15, -0.1) is 0 Å². The number of halogens is 1. The predicted octanol–water partition coefficient (Wildman–Crippen LogP) is 3.72. The number of hydrogen-bond donors (Lipinski definition) is 2. The fraction of sp³-hybridized carbons (Fsp3) is 0.480. The van der Waals surface area contributed by atoms with Crippen molar-refractivity contribution < 1.29 is 14.3 Å². The Morgan fingerprint density at radius 3 is 2.79 bits per heavy atom. The molecule has 4 heterocycles. The van der Waals surface area contributed by atoms with Gasteiger partial charge in [0.15, 0.2) is 0 Å². The van der Waals surface area contributed by atoms with E-state index < -0.39 is 11.6 Å². The molecule has 180 valence electrons. The summed E-state index contributed by atoms with van der Waals surface area (Å²) in [7, 11) is 0. The molecule has 2 saturated heterocycles. The molecule has 2 fully saturated rings. The second kappa shape index (κ2) is 8.83. The number of nitrogens with zero attached hydrogens (tertiary/aromatic N) is 3. The lowest BCUT2D eigenvalue weighted by atomic mass is 10.0. The van der Waals surface area contributed by atoms with E-state index >= 15 is 0 Å². The molecular formula is C25H30ClN5O3. The number of likely N-dealkylation sites (tertiary alicyclic amines) is 1. The Hall–Kier alpha value is -2.68. The van der Waals surface area contributed by atoms with Gasteiger partial charge in [-0.05, 0) is 51.3 Å². The lowest BCUT2D eigenvalue weighted by Gasteiger charge is -2.42. The number of pyridine rings is 1. The van der Waals surface area contributed by atoms with Crippen LogP contribution in [0.5, 0.6) is 0 Å². The Bertz CT molecular complexity index is 1260. The average Bonchev–Trinajstić information content (AvgIpc) is 3.42. The maximum Gasteiger partial charge on any atom is 0.244 e. The quantitative estimate of drug-likeness (QED) is 0.590. The monoisotopic (exact) mass is 483 g/mol. The summed E-state index contributed by atoms with van der Waals surface area (Å²) in [5, 5.41) is 5.55. The van der Waals surface area contributed by atoms with Gasteiger partial charge in [-0.2, -0.15) is 0 Å². The molecule has 0 radical (unpaired) electrons. The number of aromatic amines is 1. The summed E-state index contributed by atoms with van der Waals surface area (Å²) in [4.78, 5) is 37.9. The van der Waals surface area contributed by atoms with Crippen molar-refractivity contribution in [1.29, 1.82) is 0 Å². The van der Waals surface area contributed by atoms with Crippen molar-refractivity contribution >= 4 is 50.9 Å². The van der Waals surface area contributed by atoms with Gasteiger partial charge < -0.3 is 19.9 Å². The van der Waals surface area contributed by atoms with Crippen LogP contribution in [0.1, 0.15) is 32.3 Å². The number of carbonyl (C=O) groups excluding carboxylic acids is 2. The van der Waals surface area contributed by atoms with E-state index in [4.69, 9.17) is 16.3 Å². The molecular weight excluding hydrogens is 454 g/mol. The van der Waals surface area contributed by atoms with Crippen molar-refractivity contribution in [3.63, 3.8) is 0 Å². The number of amides is 2. The standard InChI is InChI=1S/C25H30ClN5O3/c1-15-10-27-11-19-22(15)17-8-16(26)9-18(23(17)28-19)29-24(33)20-13-34-25(2,3)14-31(20)12-21(32)30-6-4-5-7-30/h8-11,20,28H,4-7,12-14H2,1-3H3,(H,29,33). The van der Waals surface area contributed by atoms with Gasteiger partial charge in [0, 0.05) is 41.6 Å². The van der Waals surface area contributed by atoms with E-state index in [1.165, 1.54) is 0 Å². The molecule has 2 aliphatic heterocycles. The van der Waals surface area contributed by atoms with Gasteiger partial charge in [0.05, 0.1) is 41.7 Å². The highest BCUT2D eigenvalue weighted by Crippen LogP contribution is 2.35. The SMILES string of the molecule is Cc1cncc2[nH]c3c(NC(=O)C4COC(C)(C)CN4CC(=O)N4CCCC4)cc(Cl)cc3c12. The molecule has 1 unspecified atom stereocenters. The molecule has 2 aromatic heterocycles. The number of hydrogen-bond acceptors (Lipinski definition) is 5.